The van der Waals surface area contributed by atoms with Gasteiger partial charge in [-0.15, -0.1) is 0 Å². The topological polar surface area (TPSA) is 69.9 Å². The third-order valence-electron chi connectivity index (χ3n) is 12.3. The number of benzene rings is 9. The van der Waals surface area contributed by atoms with E-state index < -0.39 is 0 Å². The van der Waals surface area contributed by atoms with Crippen LogP contribution in [0.5, 0.6) is 0 Å². The number of hydrogen-bond acceptors (Lipinski definition) is 5. The number of para-hydroxylation sites is 5. The van der Waals surface area contributed by atoms with Crippen molar-refractivity contribution in [3.8, 4) is 62.1 Å². The van der Waals surface area contributed by atoms with Crippen LogP contribution in [0, 0.1) is 0 Å². The Morgan fingerprint density at radius 2 is 0.857 bits per heavy atom. The van der Waals surface area contributed by atoms with Crippen molar-refractivity contribution in [2.45, 2.75) is 0 Å². The highest BCUT2D eigenvalue weighted by Gasteiger charge is 2.21. The molecule has 0 unspecified atom stereocenters. The molecule has 294 valence electrons. The lowest BCUT2D eigenvalue weighted by Gasteiger charge is -2.14. The molecule has 0 saturated carbocycles. The molecule has 13 rings (SSSR count). The van der Waals surface area contributed by atoms with Gasteiger partial charge in [0.15, 0.2) is 17.5 Å². The van der Waals surface area contributed by atoms with Gasteiger partial charge in [0.2, 0.25) is 0 Å². The van der Waals surface area contributed by atoms with E-state index in [1.807, 2.05) is 72.8 Å². The van der Waals surface area contributed by atoms with E-state index in [2.05, 4.69) is 138 Å². The van der Waals surface area contributed by atoms with Crippen molar-refractivity contribution in [3.05, 3.63) is 206 Å². The maximum atomic E-state index is 6.47. The van der Waals surface area contributed by atoms with Gasteiger partial charge in [-0.05, 0) is 65.2 Å². The molecule has 0 amide bonds. The van der Waals surface area contributed by atoms with Gasteiger partial charge in [-0.2, -0.15) is 0 Å². The van der Waals surface area contributed by atoms with Gasteiger partial charge in [0.05, 0.1) is 16.6 Å². The van der Waals surface area contributed by atoms with E-state index in [4.69, 9.17) is 23.8 Å². The summed E-state index contributed by atoms with van der Waals surface area (Å²) in [4.78, 5) is 15.2. The van der Waals surface area contributed by atoms with Crippen molar-refractivity contribution in [2.24, 2.45) is 0 Å². The number of hydrogen-bond donors (Lipinski definition) is 0. The summed E-state index contributed by atoms with van der Waals surface area (Å²) < 4.78 is 15.3. The number of fused-ring (bicyclic) bond motifs is 9. The first kappa shape index (κ1) is 35.2. The van der Waals surface area contributed by atoms with Crippen molar-refractivity contribution in [1.82, 2.24) is 19.5 Å². The molecule has 0 radical (unpaired) electrons. The summed E-state index contributed by atoms with van der Waals surface area (Å²) in [6, 6.07) is 71.6. The highest BCUT2D eigenvalue weighted by molar-refractivity contribution is 6.16. The molecule has 6 nitrogen and oxygen atoms in total. The molecule has 0 fully saturated rings. The molecule has 0 N–H and O–H groups in total. The van der Waals surface area contributed by atoms with Gasteiger partial charge in [-0.25, -0.2) is 15.0 Å². The van der Waals surface area contributed by atoms with Crippen molar-refractivity contribution in [2.75, 3.05) is 0 Å². The van der Waals surface area contributed by atoms with Crippen LogP contribution >= 0.6 is 0 Å². The quantitative estimate of drug-likeness (QED) is 0.167. The highest BCUT2D eigenvalue weighted by atomic mass is 16.3. The van der Waals surface area contributed by atoms with Gasteiger partial charge in [0.1, 0.15) is 22.3 Å². The molecule has 0 aliphatic rings. The van der Waals surface area contributed by atoms with E-state index in [0.29, 0.717) is 17.5 Å². The highest BCUT2D eigenvalue weighted by Crippen LogP contribution is 2.44. The summed E-state index contributed by atoms with van der Waals surface area (Å²) in [5.74, 6) is 1.73. The molecule has 0 spiro atoms. The van der Waals surface area contributed by atoms with Crippen molar-refractivity contribution in [3.63, 3.8) is 0 Å². The smallest absolute Gasteiger partial charge is 0.167 e. The van der Waals surface area contributed by atoms with Gasteiger partial charge < -0.3 is 13.4 Å². The number of nitrogens with zero attached hydrogens (tertiary/aromatic N) is 4. The Kier molecular flexibility index (Phi) is 7.80. The molecule has 0 saturated heterocycles. The molecule has 0 aliphatic heterocycles. The Morgan fingerprint density at radius 1 is 0.317 bits per heavy atom. The third kappa shape index (κ3) is 5.62. The van der Waals surface area contributed by atoms with Crippen molar-refractivity contribution in [1.29, 1.82) is 0 Å². The minimum Gasteiger partial charge on any atom is -0.456 e. The second kappa shape index (κ2) is 14.0. The second-order valence-corrected chi connectivity index (χ2v) is 15.9. The van der Waals surface area contributed by atoms with E-state index in [1.54, 1.807) is 0 Å². The fraction of sp³-hybridized carbons (Fsp3) is 0. The molecular formula is C57H34N4O2. The van der Waals surface area contributed by atoms with Crippen LogP contribution in [0.25, 0.3) is 128 Å². The molecule has 6 heteroatoms. The van der Waals surface area contributed by atoms with Gasteiger partial charge in [0.25, 0.3) is 0 Å². The number of rotatable bonds is 6. The monoisotopic (exact) mass is 806 g/mol. The SMILES string of the molecule is c1ccc(-c2nc(-c3ccc(-c4ccc5oc6ccccc6c5c4-c4ccc(-n5c6ccccc6c6ccccc65)cc4)cc3)nc(-c3cccc4c3oc3ccccc34)n2)cc1. The molecule has 4 aromatic heterocycles. The van der Waals surface area contributed by atoms with Crippen LogP contribution in [0.3, 0.4) is 0 Å². The van der Waals surface area contributed by atoms with Crippen LogP contribution in [0.4, 0.5) is 0 Å². The first-order valence-electron chi connectivity index (χ1n) is 21.1. The molecule has 0 aliphatic carbocycles. The Morgan fingerprint density at radius 3 is 1.57 bits per heavy atom. The molecule has 0 atom stereocenters. The zero-order valence-electron chi connectivity index (χ0n) is 33.7. The van der Waals surface area contributed by atoms with Crippen LogP contribution in [-0.2, 0) is 0 Å². The average molecular weight is 807 g/mol. The zero-order chi connectivity index (χ0) is 41.4. The lowest BCUT2D eigenvalue weighted by atomic mass is 9.90. The molecule has 4 heterocycles. The first-order valence-corrected chi connectivity index (χ1v) is 21.1. The van der Waals surface area contributed by atoms with Crippen LogP contribution in [0.1, 0.15) is 0 Å². The van der Waals surface area contributed by atoms with Crippen LogP contribution in [0.15, 0.2) is 215 Å². The zero-order valence-corrected chi connectivity index (χ0v) is 33.7. The van der Waals surface area contributed by atoms with E-state index in [9.17, 15) is 0 Å². The number of furan rings is 2. The van der Waals surface area contributed by atoms with Gasteiger partial charge in [0, 0.05) is 54.7 Å². The minimum absolute atomic E-state index is 0.552. The van der Waals surface area contributed by atoms with Crippen LogP contribution in [-0.4, -0.2) is 19.5 Å². The van der Waals surface area contributed by atoms with Crippen LogP contribution in [0.2, 0.25) is 0 Å². The van der Waals surface area contributed by atoms with E-state index in [0.717, 1.165) is 88.5 Å². The Labute approximate surface area is 361 Å². The van der Waals surface area contributed by atoms with Gasteiger partial charge >= 0.3 is 0 Å². The fourth-order valence-corrected chi connectivity index (χ4v) is 9.40. The lowest BCUT2D eigenvalue weighted by molar-refractivity contribution is 0.669. The average Bonchev–Trinajstić information content (AvgIpc) is 4.04. The summed E-state index contributed by atoms with van der Waals surface area (Å²) in [5.41, 5.74) is 13.8. The summed E-state index contributed by atoms with van der Waals surface area (Å²) >= 11 is 0. The van der Waals surface area contributed by atoms with Gasteiger partial charge in [-0.3, -0.25) is 0 Å². The summed E-state index contributed by atoms with van der Waals surface area (Å²) in [7, 11) is 0. The van der Waals surface area contributed by atoms with Crippen LogP contribution < -0.4 is 0 Å². The maximum Gasteiger partial charge on any atom is 0.167 e. The lowest BCUT2D eigenvalue weighted by Crippen LogP contribution is -2.00. The Hall–Kier alpha value is -8.61. The maximum absolute atomic E-state index is 6.47. The predicted octanol–water partition coefficient (Wildman–Crippen LogP) is 15.1. The van der Waals surface area contributed by atoms with E-state index in [-0.39, 0.29) is 0 Å². The molecule has 9 aromatic carbocycles. The summed E-state index contributed by atoms with van der Waals surface area (Å²) in [6.07, 6.45) is 0. The number of aromatic nitrogens is 4. The van der Waals surface area contributed by atoms with E-state index in [1.165, 1.54) is 21.8 Å². The van der Waals surface area contributed by atoms with Crippen molar-refractivity contribution >= 4 is 65.7 Å². The fourth-order valence-electron chi connectivity index (χ4n) is 9.40. The Balaban J connectivity index is 0.952. The van der Waals surface area contributed by atoms with Crippen molar-refractivity contribution < 1.29 is 8.83 Å². The molecule has 0 bridgehead atoms. The second-order valence-electron chi connectivity index (χ2n) is 15.9. The first-order chi connectivity index (χ1) is 31.2. The summed E-state index contributed by atoms with van der Waals surface area (Å²) in [5, 5.41) is 6.73. The minimum atomic E-state index is 0.552. The molecule has 63 heavy (non-hydrogen) atoms. The largest absolute Gasteiger partial charge is 0.456 e. The summed E-state index contributed by atoms with van der Waals surface area (Å²) in [6.45, 7) is 0. The third-order valence-corrected chi connectivity index (χ3v) is 12.3. The van der Waals surface area contributed by atoms with E-state index >= 15 is 0 Å². The standard InChI is InChI=1S/C57H34N4O2/c1-2-13-37(14-3-1)55-58-56(60-57(59-55)46-20-12-19-44-43-17-6-10-23-49(43)63-54(44)46)38-27-25-35(26-28-38)40-33-34-51-53(45-18-7-11-24-50(45)62-51)52(40)36-29-31-39(32-30-36)61-47-21-8-4-15-41(47)42-16-5-9-22-48(42)61/h1-34H. The molecular weight excluding hydrogens is 773 g/mol. The van der Waals surface area contributed by atoms with Gasteiger partial charge in [-0.1, -0.05) is 158 Å². The predicted molar refractivity (Wildman–Crippen MR) is 256 cm³/mol. The normalized spacial score (nSPS) is 11.8. The molecule has 13 aromatic rings. The Bertz CT molecular complexity index is 3850.